The molecule has 0 radical (unpaired) electrons. The molecular weight excluding hydrogens is 286 g/mol. The molecule has 0 aliphatic rings. The minimum atomic E-state index is -3.62. The summed E-state index contributed by atoms with van der Waals surface area (Å²) in [4.78, 5) is 0.0878. The molecule has 1 N–H and O–H groups in total. The Morgan fingerprint density at radius 3 is 2.63 bits per heavy atom. The van der Waals surface area contributed by atoms with Crippen LogP contribution in [0.1, 0.15) is 33.6 Å². The molecule has 0 fully saturated rings. The van der Waals surface area contributed by atoms with Gasteiger partial charge in [-0.15, -0.1) is 0 Å². The first-order chi connectivity index (χ1) is 8.90. The quantitative estimate of drug-likeness (QED) is 0.841. The lowest BCUT2D eigenvalue weighted by atomic mass is 10.2. The van der Waals surface area contributed by atoms with E-state index in [-0.39, 0.29) is 10.9 Å². The normalized spacial score (nSPS) is 13.3. The number of benzene rings is 1. The molecule has 108 valence electrons. The molecule has 1 aromatic rings. The molecule has 0 spiro atoms. The Labute approximate surface area is 120 Å². The molecule has 19 heavy (non-hydrogen) atoms. The van der Waals surface area contributed by atoms with Crippen LogP contribution in [0.25, 0.3) is 0 Å². The highest BCUT2D eigenvalue weighted by atomic mass is 35.5. The van der Waals surface area contributed by atoms with Crippen LogP contribution < -0.4 is 9.46 Å². The van der Waals surface area contributed by atoms with Crippen LogP contribution in [-0.2, 0) is 10.0 Å². The highest BCUT2D eigenvalue weighted by Crippen LogP contribution is 2.27. The molecule has 1 rings (SSSR count). The molecule has 0 saturated carbocycles. The van der Waals surface area contributed by atoms with Crippen molar-refractivity contribution in [2.45, 2.75) is 44.6 Å². The molecule has 4 nitrogen and oxygen atoms in total. The third kappa shape index (κ3) is 4.67. The van der Waals surface area contributed by atoms with E-state index in [1.54, 1.807) is 19.1 Å². The Morgan fingerprint density at radius 1 is 1.37 bits per heavy atom. The second-order valence-electron chi connectivity index (χ2n) is 4.34. The number of hydrogen-bond acceptors (Lipinski definition) is 3. The summed E-state index contributed by atoms with van der Waals surface area (Å²) in [7, 11) is -3.62. The highest BCUT2D eigenvalue weighted by molar-refractivity contribution is 7.89. The van der Waals surface area contributed by atoms with Crippen molar-refractivity contribution in [2.24, 2.45) is 0 Å². The zero-order valence-electron chi connectivity index (χ0n) is 11.4. The number of ether oxygens (including phenoxy) is 1. The topological polar surface area (TPSA) is 55.4 Å². The lowest BCUT2D eigenvalue weighted by molar-refractivity contribution is 0.331. The summed E-state index contributed by atoms with van der Waals surface area (Å²) >= 11 is 5.87. The van der Waals surface area contributed by atoms with Crippen LogP contribution in [0.5, 0.6) is 5.75 Å². The predicted octanol–water partition coefficient (Wildman–Crippen LogP) is 3.21. The van der Waals surface area contributed by atoms with Crippen molar-refractivity contribution < 1.29 is 13.2 Å². The lowest BCUT2D eigenvalue weighted by Gasteiger charge is -2.16. The van der Waals surface area contributed by atoms with E-state index >= 15 is 0 Å². The van der Waals surface area contributed by atoms with E-state index in [0.717, 1.165) is 12.8 Å². The predicted molar refractivity (Wildman–Crippen MR) is 77.3 cm³/mol. The van der Waals surface area contributed by atoms with Crippen LogP contribution in [0.4, 0.5) is 0 Å². The van der Waals surface area contributed by atoms with Gasteiger partial charge in [-0.2, -0.15) is 0 Å². The van der Waals surface area contributed by atoms with Gasteiger partial charge in [0.15, 0.2) is 0 Å². The van der Waals surface area contributed by atoms with E-state index < -0.39 is 10.0 Å². The SMILES string of the molecule is CCC[C@H](C)NS(=O)(=O)c1cc(Cl)ccc1OCC. The summed E-state index contributed by atoms with van der Waals surface area (Å²) in [6, 6.07) is 4.47. The summed E-state index contributed by atoms with van der Waals surface area (Å²) in [5.74, 6) is 0.322. The van der Waals surface area contributed by atoms with Gasteiger partial charge in [0, 0.05) is 11.1 Å². The molecule has 6 heteroatoms. The van der Waals surface area contributed by atoms with E-state index in [1.165, 1.54) is 6.07 Å². The Kier molecular flexibility index (Phi) is 6.10. The van der Waals surface area contributed by atoms with Crippen molar-refractivity contribution in [1.82, 2.24) is 4.72 Å². The molecule has 0 saturated heterocycles. The maximum Gasteiger partial charge on any atom is 0.244 e. The molecule has 0 unspecified atom stereocenters. The van der Waals surface area contributed by atoms with E-state index in [0.29, 0.717) is 17.4 Å². The first-order valence-corrected chi connectivity index (χ1v) is 8.21. The average Bonchev–Trinajstić information content (AvgIpc) is 2.31. The Morgan fingerprint density at radius 2 is 2.05 bits per heavy atom. The maximum absolute atomic E-state index is 12.3. The van der Waals surface area contributed by atoms with Gasteiger partial charge < -0.3 is 4.74 Å². The minimum Gasteiger partial charge on any atom is -0.492 e. The van der Waals surface area contributed by atoms with Crippen LogP contribution in [0, 0.1) is 0 Å². The van der Waals surface area contributed by atoms with Crippen molar-refractivity contribution in [3.63, 3.8) is 0 Å². The van der Waals surface area contributed by atoms with Crippen molar-refractivity contribution >= 4 is 21.6 Å². The molecule has 1 aromatic carbocycles. The summed E-state index contributed by atoms with van der Waals surface area (Å²) in [6.07, 6.45) is 1.70. The van der Waals surface area contributed by atoms with Gasteiger partial charge in [-0.25, -0.2) is 13.1 Å². The van der Waals surface area contributed by atoms with E-state index in [2.05, 4.69) is 4.72 Å². The minimum absolute atomic E-state index is 0.0878. The fourth-order valence-electron chi connectivity index (χ4n) is 1.79. The first-order valence-electron chi connectivity index (χ1n) is 6.35. The van der Waals surface area contributed by atoms with Gasteiger partial charge in [0.1, 0.15) is 10.6 Å². The average molecular weight is 306 g/mol. The molecule has 0 bridgehead atoms. The zero-order chi connectivity index (χ0) is 14.5. The van der Waals surface area contributed by atoms with Gasteiger partial charge in [-0.1, -0.05) is 24.9 Å². The third-order valence-electron chi connectivity index (χ3n) is 2.57. The second-order valence-corrected chi connectivity index (χ2v) is 6.45. The number of sulfonamides is 1. The largest absolute Gasteiger partial charge is 0.492 e. The van der Waals surface area contributed by atoms with Crippen LogP contribution in [0.2, 0.25) is 5.02 Å². The monoisotopic (exact) mass is 305 g/mol. The molecular formula is C13H20ClNO3S. The summed E-state index contributed by atoms with van der Waals surface area (Å²) in [6.45, 7) is 6.05. The van der Waals surface area contributed by atoms with Crippen LogP contribution >= 0.6 is 11.6 Å². The molecule has 0 aliphatic carbocycles. The Balaban J connectivity index is 3.08. The summed E-state index contributed by atoms with van der Waals surface area (Å²) in [5.41, 5.74) is 0. The molecule has 0 aromatic heterocycles. The number of rotatable bonds is 7. The summed E-state index contributed by atoms with van der Waals surface area (Å²) < 4.78 is 32.6. The van der Waals surface area contributed by atoms with Crippen molar-refractivity contribution in [3.8, 4) is 5.75 Å². The molecule has 0 heterocycles. The first kappa shape index (κ1) is 16.3. The van der Waals surface area contributed by atoms with Crippen molar-refractivity contribution in [2.75, 3.05) is 6.61 Å². The van der Waals surface area contributed by atoms with Crippen LogP contribution in [-0.4, -0.2) is 21.1 Å². The third-order valence-corrected chi connectivity index (χ3v) is 4.42. The van der Waals surface area contributed by atoms with Crippen LogP contribution in [0.15, 0.2) is 23.1 Å². The van der Waals surface area contributed by atoms with Gasteiger partial charge in [-0.3, -0.25) is 0 Å². The Bertz CT molecular complexity index is 517. The number of nitrogens with one attached hydrogen (secondary N) is 1. The van der Waals surface area contributed by atoms with Gasteiger partial charge in [-0.05, 0) is 38.5 Å². The second kappa shape index (κ2) is 7.12. The van der Waals surface area contributed by atoms with Gasteiger partial charge in [0.05, 0.1) is 6.61 Å². The van der Waals surface area contributed by atoms with Crippen LogP contribution in [0.3, 0.4) is 0 Å². The van der Waals surface area contributed by atoms with E-state index in [1.807, 2.05) is 13.8 Å². The summed E-state index contributed by atoms with van der Waals surface area (Å²) in [5, 5.41) is 0.368. The van der Waals surface area contributed by atoms with Gasteiger partial charge >= 0.3 is 0 Å². The van der Waals surface area contributed by atoms with Gasteiger partial charge in [0.25, 0.3) is 0 Å². The van der Waals surface area contributed by atoms with E-state index in [9.17, 15) is 8.42 Å². The van der Waals surface area contributed by atoms with E-state index in [4.69, 9.17) is 16.3 Å². The molecule has 1 atom stereocenters. The maximum atomic E-state index is 12.3. The Hall–Kier alpha value is -0.780. The zero-order valence-corrected chi connectivity index (χ0v) is 13.0. The van der Waals surface area contributed by atoms with Crippen molar-refractivity contribution in [1.29, 1.82) is 0 Å². The van der Waals surface area contributed by atoms with Crippen molar-refractivity contribution in [3.05, 3.63) is 23.2 Å². The number of hydrogen-bond donors (Lipinski definition) is 1. The molecule has 0 aliphatic heterocycles. The smallest absolute Gasteiger partial charge is 0.244 e. The fourth-order valence-corrected chi connectivity index (χ4v) is 3.47. The lowest BCUT2D eigenvalue weighted by Crippen LogP contribution is -2.32. The highest BCUT2D eigenvalue weighted by Gasteiger charge is 2.22. The fraction of sp³-hybridized carbons (Fsp3) is 0.538. The standard InChI is InChI=1S/C13H20ClNO3S/c1-4-6-10(3)15-19(16,17)13-9-11(14)7-8-12(13)18-5-2/h7-10,15H,4-6H2,1-3H3/t10-/m0/s1. The van der Waals surface area contributed by atoms with Gasteiger partial charge in [0.2, 0.25) is 10.0 Å². The number of halogens is 1. The molecule has 0 amide bonds.